The predicted molar refractivity (Wildman–Crippen MR) is 165 cm³/mol. The van der Waals surface area contributed by atoms with E-state index in [0.29, 0.717) is 12.2 Å². The average Bonchev–Trinajstić information content (AvgIpc) is 3.47. The van der Waals surface area contributed by atoms with E-state index < -0.39 is 74.6 Å². The smallest absolute Gasteiger partial charge is 0.229 e. The van der Waals surface area contributed by atoms with Gasteiger partial charge in [0.2, 0.25) is 6.29 Å². The monoisotopic (exact) mass is 680 g/mol. The van der Waals surface area contributed by atoms with Gasteiger partial charge < -0.3 is 74.4 Å². The highest BCUT2D eigenvalue weighted by atomic mass is 16.7. The van der Waals surface area contributed by atoms with Crippen LogP contribution in [0.4, 0.5) is 0 Å². The van der Waals surface area contributed by atoms with Gasteiger partial charge in [-0.25, -0.2) is 0 Å². The van der Waals surface area contributed by atoms with Crippen LogP contribution in [0, 0.1) is 0 Å². The molecule has 48 heavy (non-hydrogen) atoms. The Morgan fingerprint density at radius 1 is 0.729 bits per heavy atom. The van der Waals surface area contributed by atoms with Crippen molar-refractivity contribution in [2.24, 2.45) is 0 Å². The maximum atomic E-state index is 10.6. The summed E-state index contributed by atoms with van der Waals surface area (Å²) in [6, 6.07) is 8.90. The molecule has 2 aliphatic heterocycles. The van der Waals surface area contributed by atoms with Gasteiger partial charge in [-0.1, -0.05) is 24.3 Å². The van der Waals surface area contributed by atoms with Gasteiger partial charge >= 0.3 is 0 Å². The second kappa shape index (κ2) is 15.8. The first-order valence-corrected chi connectivity index (χ1v) is 15.6. The number of aliphatic hydroxyl groups excluding tert-OH is 9. The van der Waals surface area contributed by atoms with E-state index in [-0.39, 0.29) is 36.5 Å². The van der Waals surface area contributed by atoms with Crippen molar-refractivity contribution in [3.8, 4) is 17.2 Å². The van der Waals surface area contributed by atoms with Crippen molar-refractivity contribution in [1.29, 1.82) is 0 Å². The molecule has 0 radical (unpaired) electrons. The number of rotatable bonds is 12. The third-order valence-electron chi connectivity index (χ3n) is 9.21. The number of hydrogen-bond donors (Lipinski definition) is 9. The van der Waals surface area contributed by atoms with Crippen LogP contribution in [0.25, 0.3) is 6.08 Å². The Bertz CT molecular complexity index is 1400. The Morgan fingerprint density at radius 3 is 1.96 bits per heavy atom. The van der Waals surface area contributed by atoms with Gasteiger partial charge in [0.15, 0.2) is 17.8 Å². The molecule has 2 heterocycles. The fraction of sp³-hybridized carbons (Fsp3) is 0.576. The SMILES string of the molecule is COc1cc([C@H]2Cc3c(OC)cc(/C=C/CO)cc3[C@H]2CO[C@@H]2O[C@H](CO)[C@@H](O)[C@H](O)[C@H]2O)ccc1O[C@@H]1O[C@H](CO)[C@@H](O)[C@H](O)[C@H]1O. The number of ether oxygens (including phenoxy) is 6. The maximum absolute atomic E-state index is 10.6. The van der Waals surface area contributed by atoms with Crippen molar-refractivity contribution in [2.45, 2.75) is 79.7 Å². The van der Waals surface area contributed by atoms with Crippen LogP contribution in [0.3, 0.4) is 0 Å². The van der Waals surface area contributed by atoms with Crippen molar-refractivity contribution in [3.63, 3.8) is 0 Å². The molecule has 1 aliphatic carbocycles. The van der Waals surface area contributed by atoms with E-state index in [9.17, 15) is 46.0 Å². The molecule has 0 spiro atoms. The van der Waals surface area contributed by atoms with Crippen LogP contribution in [0.1, 0.15) is 34.1 Å². The van der Waals surface area contributed by atoms with Gasteiger partial charge in [0.05, 0.1) is 40.6 Å². The summed E-state index contributed by atoms with van der Waals surface area (Å²) >= 11 is 0. The molecular formula is C33H44O15. The maximum Gasteiger partial charge on any atom is 0.229 e. The lowest BCUT2D eigenvalue weighted by Gasteiger charge is -2.40. The molecule has 5 rings (SSSR count). The Morgan fingerprint density at radius 2 is 1.35 bits per heavy atom. The van der Waals surface area contributed by atoms with E-state index in [4.69, 9.17) is 28.4 Å². The van der Waals surface area contributed by atoms with Crippen molar-refractivity contribution in [3.05, 3.63) is 58.7 Å². The van der Waals surface area contributed by atoms with Gasteiger partial charge in [0.25, 0.3) is 0 Å². The van der Waals surface area contributed by atoms with Crippen molar-refractivity contribution in [2.75, 3.05) is 40.6 Å². The van der Waals surface area contributed by atoms with Crippen LogP contribution >= 0.6 is 0 Å². The van der Waals surface area contributed by atoms with Crippen LogP contribution in [0.5, 0.6) is 17.2 Å². The van der Waals surface area contributed by atoms with Crippen molar-refractivity contribution in [1.82, 2.24) is 0 Å². The normalized spacial score (nSPS) is 35.1. The summed E-state index contributed by atoms with van der Waals surface area (Å²) in [5, 5.41) is 90.5. The van der Waals surface area contributed by atoms with E-state index in [0.717, 1.165) is 22.3 Å². The Hall–Kier alpha value is -2.90. The molecule has 9 N–H and O–H groups in total. The molecule has 2 fully saturated rings. The van der Waals surface area contributed by atoms with E-state index >= 15 is 0 Å². The molecule has 0 bridgehead atoms. The Labute approximate surface area is 276 Å². The van der Waals surface area contributed by atoms with Crippen molar-refractivity contribution >= 4 is 6.08 Å². The topological polar surface area (TPSA) is 237 Å². The first kappa shape index (κ1) is 36.4. The van der Waals surface area contributed by atoms with E-state index in [1.54, 1.807) is 37.5 Å². The fourth-order valence-corrected chi connectivity index (χ4v) is 6.55. The molecule has 0 amide bonds. The molecule has 15 nitrogen and oxygen atoms in total. The number of methoxy groups -OCH3 is 2. The van der Waals surface area contributed by atoms with Gasteiger partial charge in [0, 0.05) is 5.92 Å². The van der Waals surface area contributed by atoms with Gasteiger partial charge in [-0.3, -0.25) is 0 Å². The number of benzene rings is 2. The second-order valence-corrected chi connectivity index (χ2v) is 12.0. The number of fused-ring (bicyclic) bond motifs is 1. The molecule has 2 saturated heterocycles. The number of hydrogen-bond acceptors (Lipinski definition) is 15. The molecule has 12 atom stereocenters. The first-order valence-electron chi connectivity index (χ1n) is 15.6. The minimum Gasteiger partial charge on any atom is -0.496 e. The van der Waals surface area contributed by atoms with E-state index in [2.05, 4.69) is 0 Å². The lowest BCUT2D eigenvalue weighted by Crippen LogP contribution is -2.60. The second-order valence-electron chi connectivity index (χ2n) is 12.0. The predicted octanol–water partition coefficient (Wildman–Crippen LogP) is -1.87. The molecule has 0 aromatic heterocycles. The fourth-order valence-electron chi connectivity index (χ4n) is 6.55. The summed E-state index contributed by atoms with van der Waals surface area (Å²) in [5.74, 6) is 0.369. The minimum atomic E-state index is -1.63. The zero-order valence-corrected chi connectivity index (χ0v) is 26.5. The Kier molecular flexibility index (Phi) is 11.9. The molecule has 3 aliphatic rings. The van der Waals surface area contributed by atoms with Gasteiger partial charge in [0.1, 0.15) is 54.6 Å². The summed E-state index contributed by atoms with van der Waals surface area (Å²) < 4.78 is 34.3. The van der Waals surface area contributed by atoms with Gasteiger partial charge in [-0.2, -0.15) is 0 Å². The minimum absolute atomic E-state index is 0.0257. The van der Waals surface area contributed by atoms with E-state index in [1.165, 1.54) is 7.11 Å². The van der Waals surface area contributed by atoms with Gasteiger partial charge in [-0.05, 0) is 52.8 Å². The Balaban J connectivity index is 1.46. The first-order chi connectivity index (χ1) is 23.1. The summed E-state index contributed by atoms with van der Waals surface area (Å²) in [6.07, 6.45) is -10.8. The summed E-state index contributed by atoms with van der Waals surface area (Å²) in [4.78, 5) is 0. The molecule has 266 valence electrons. The van der Waals surface area contributed by atoms with Crippen LogP contribution in [0.15, 0.2) is 36.4 Å². The zero-order valence-electron chi connectivity index (χ0n) is 26.5. The highest BCUT2D eigenvalue weighted by Crippen LogP contribution is 2.49. The molecule has 0 unspecified atom stereocenters. The lowest BCUT2D eigenvalue weighted by molar-refractivity contribution is -0.302. The lowest BCUT2D eigenvalue weighted by atomic mass is 9.86. The average molecular weight is 681 g/mol. The third kappa shape index (κ3) is 7.19. The standard InChI is InChI=1S/C33H44O15/c1-43-22-9-15(4-3-7-34)8-18-19(22)11-17(20(18)14-45-32-30(41)28(39)26(37)24(12-35)47-32)16-5-6-21(23(10-16)44-2)46-33-31(42)29(40)27(38)25(13-36)48-33/h3-6,8-10,17,20,24-42H,7,11-14H2,1-2H3/b4-3+/t17-,20+,24-,25-,26-,27-,28+,29+,30-,31-,32-,33-/m1/s1. The molecular weight excluding hydrogens is 636 g/mol. The molecule has 2 aromatic carbocycles. The summed E-state index contributed by atoms with van der Waals surface area (Å²) in [5.41, 5.74) is 3.30. The molecule has 15 heteroatoms. The number of aliphatic hydroxyl groups is 9. The van der Waals surface area contributed by atoms with Crippen molar-refractivity contribution < 1.29 is 74.4 Å². The van der Waals surface area contributed by atoms with Crippen LogP contribution in [-0.4, -0.2) is 148 Å². The summed E-state index contributed by atoms with van der Waals surface area (Å²) in [6.45, 7) is -1.41. The van der Waals surface area contributed by atoms with Gasteiger partial charge in [-0.15, -0.1) is 0 Å². The summed E-state index contributed by atoms with van der Waals surface area (Å²) in [7, 11) is 2.97. The van der Waals surface area contributed by atoms with Crippen LogP contribution in [0.2, 0.25) is 0 Å². The zero-order chi connectivity index (χ0) is 34.7. The quantitative estimate of drug-likeness (QED) is 0.119. The van der Waals surface area contributed by atoms with Crippen LogP contribution in [-0.2, 0) is 20.6 Å². The highest BCUT2D eigenvalue weighted by molar-refractivity contribution is 5.60. The van der Waals surface area contributed by atoms with E-state index in [1.807, 2.05) is 12.1 Å². The molecule has 0 saturated carbocycles. The third-order valence-corrected chi connectivity index (χ3v) is 9.21. The highest BCUT2D eigenvalue weighted by Gasteiger charge is 2.46. The molecule has 2 aromatic rings. The van der Waals surface area contributed by atoms with Crippen LogP contribution < -0.4 is 14.2 Å². The largest absolute Gasteiger partial charge is 0.496 e.